The van der Waals surface area contributed by atoms with Gasteiger partial charge in [-0.1, -0.05) is 23.7 Å². The van der Waals surface area contributed by atoms with Gasteiger partial charge in [-0.2, -0.15) is 5.26 Å². The molecule has 0 fully saturated rings. The Morgan fingerprint density at radius 2 is 1.92 bits per heavy atom. The van der Waals surface area contributed by atoms with Gasteiger partial charge in [-0.15, -0.1) is 0 Å². The molecule has 7 heteroatoms. The Labute approximate surface area is 155 Å². The van der Waals surface area contributed by atoms with Gasteiger partial charge in [-0.05, 0) is 42.3 Å². The third-order valence-electron chi connectivity index (χ3n) is 3.56. The number of aryl methyl sites for hydroxylation is 1. The second kappa shape index (κ2) is 8.19. The third-order valence-corrected chi connectivity index (χ3v) is 3.97. The Hall–Kier alpha value is -3.30. The van der Waals surface area contributed by atoms with Crippen molar-refractivity contribution in [3.8, 4) is 11.8 Å². The van der Waals surface area contributed by atoms with Crippen molar-refractivity contribution in [1.29, 1.82) is 5.26 Å². The first-order chi connectivity index (χ1) is 12.3. The largest absolute Gasteiger partial charge is 0.495 e. The Kier molecular flexibility index (Phi) is 5.99. The number of carbonyl (C=O) groups excluding carboxylic acids is 1. The molecule has 132 valence electrons. The van der Waals surface area contributed by atoms with E-state index in [9.17, 15) is 14.9 Å². The van der Waals surface area contributed by atoms with Gasteiger partial charge in [0.05, 0.1) is 18.4 Å². The van der Waals surface area contributed by atoms with E-state index in [2.05, 4.69) is 5.32 Å². The molecule has 2 N–H and O–H groups in total. The highest BCUT2D eigenvalue weighted by atomic mass is 35.5. The SMILES string of the molecule is COc1cc(Cl)c(C)cc1NC(=O)/C(C#N)=C/c1ccc(C(=O)O)cc1. The van der Waals surface area contributed by atoms with Crippen LogP contribution in [0.1, 0.15) is 21.5 Å². The fourth-order valence-corrected chi connectivity index (χ4v) is 2.31. The second-order valence-corrected chi connectivity index (χ2v) is 5.76. The van der Waals surface area contributed by atoms with Crippen LogP contribution in [0.4, 0.5) is 5.69 Å². The number of rotatable bonds is 5. The first kappa shape index (κ1) is 19.0. The van der Waals surface area contributed by atoms with E-state index in [1.165, 1.54) is 37.5 Å². The first-order valence-corrected chi connectivity index (χ1v) is 7.84. The van der Waals surface area contributed by atoms with Crippen LogP contribution < -0.4 is 10.1 Å². The minimum atomic E-state index is -1.05. The number of ether oxygens (including phenoxy) is 1. The molecule has 0 saturated carbocycles. The minimum absolute atomic E-state index is 0.117. The van der Waals surface area contributed by atoms with Gasteiger partial charge < -0.3 is 15.2 Å². The molecule has 0 unspecified atom stereocenters. The van der Waals surface area contributed by atoms with Crippen LogP contribution in [-0.2, 0) is 4.79 Å². The van der Waals surface area contributed by atoms with E-state index in [4.69, 9.17) is 21.4 Å². The highest BCUT2D eigenvalue weighted by Gasteiger charge is 2.14. The van der Waals surface area contributed by atoms with Crippen LogP contribution in [0.5, 0.6) is 5.75 Å². The van der Waals surface area contributed by atoms with Crippen LogP contribution in [0.15, 0.2) is 42.0 Å². The normalized spacial score (nSPS) is 10.8. The Morgan fingerprint density at radius 1 is 1.27 bits per heavy atom. The zero-order valence-electron chi connectivity index (χ0n) is 14.0. The molecule has 0 aliphatic heterocycles. The van der Waals surface area contributed by atoms with Gasteiger partial charge in [-0.3, -0.25) is 4.79 Å². The van der Waals surface area contributed by atoms with Crippen LogP contribution >= 0.6 is 11.6 Å². The van der Waals surface area contributed by atoms with Crippen molar-refractivity contribution in [2.75, 3.05) is 12.4 Å². The van der Waals surface area contributed by atoms with E-state index in [-0.39, 0.29) is 11.1 Å². The summed E-state index contributed by atoms with van der Waals surface area (Å²) in [7, 11) is 1.45. The van der Waals surface area contributed by atoms with Crippen molar-refractivity contribution in [2.24, 2.45) is 0 Å². The number of carboxylic acids is 1. The Morgan fingerprint density at radius 3 is 2.46 bits per heavy atom. The van der Waals surface area contributed by atoms with E-state index in [0.717, 1.165) is 5.56 Å². The topological polar surface area (TPSA) is 99.4 Å². The van der Waals surface area contributed by atoms with E-state index in [0.29, 0.717) is 22.0 Å². The minimum Gasteiger partial charge on any atom is -0.495 e. The average molecular weight is 371 g/mol. The number of hydrogen-bond donors (Lipinski definition) is 2. The lowest BCUT2D eigenvalue weighted by Gasteiger charge is -2.12. The number of benzene rings is 2. The number of carboxylic acid groups (broad SMARTS) is 1. The number of amides is 1. The van der Waals surface area contributed by atoms with E-state index >= 15 is 0 Å². The summed E-state index contributed by atoms with van der Waals surface area (Å²) in [6.45, 7) is 1.78. The van der Waals surface area contributed by atoms with Crippen LogP contribution in [-0.4, -0.2) is 24.1 Å². The summed E-state index contributed by atoms with van der Waals surface area (Å²) in [6.07, 6.45) is 1.37. The zero-order chi connectivity index (χ0) is 19.3. The highest BCUT2D eigenvalue weighted by molar-refractivity contribution is 6.31. The molecular formula is C19H15ClN2O4. The van der Waals surface area contributed by atoms with E-state index < -0.39 is 11.9 Å². The molecule has 0 radical (unpaired) electrons. The predicted octanol–water partition coefficient (Wildman–Crippen LogP) is 3.90. The molecule has 6 nitrogen and oxygen atoms in total. The maximum atomic E-state index is 12.4. The molecule has 0 bridgehead atoms. The molecule has 1 amide bonds. The predicted molar refractivity (Wildman–Crippen MR) is 98.4 cm³/mol. The molecule has 0 spiro atoms. The number of aromatic carboxylic acids is 1. The van der Waals surface area contributed by atoms with Crippen molar-refractivity contribution in [1.82, 2.24) is 0 Å². The molecule has 2 aromatic rings. The molecule has 0 heterocycles. The van der Waals surface area contributed by atoms with Crippen LogP contribution in [0.25, 0.3) is 6.08 Å². The van der Waals surface area contributed by atoms with Gasteiger partial charge in [0.1, 0.15) is 17.4 Å². The smallest absolute Gasteiger partial charge is 0.335 e. The Balaban J connectivity index is 2.28. The monoisotopic (exact) mass is 370 g/mol. The van der Waals surface area contributed by atoms with Crippen molar-refractivity contribution in [2.45, 2.75) is 6.92 Å². The molecule has 0 aliphatic rings. The summed E-state index contributed by atoms with van der Waals surface area (Å²) in [5.74, 6) is -1.30. The molecule has 0 aromatic heterocycles. The summed E-state index contributed by atoms with van der Waals surface area (Å²) in [5.41, 5.74) is 1.64. The number of nitriles is 1. The molecule has 0 atom stereocenters. The summed E-state index contributed by atoms with van der Waals surface area (Å²) in [4.78, 5) is 23.3. The third kappa shape index (κ3) is 4.41. The molecule has 0 saturated heterocycles. The number of halogens is 1. The van der Waals surface area contributed by atoms with Crippen LogP contribution in [0.3, 0.4) is 0 Å². The van der Waals surface area contributed by atoms with Crippen molar-refractivity contribution < 1.29 is 19.4 Å². The standard InChI is InChI=1S/C19H15ClN2O4/c1-11-7-16(17(26-2)9-15(11)20)22-18(23)14(10-21)8-12-3-5-13(6-4-12)19(24)25/h3-9H,1-2H3,(H,22,23)(H,24,25)/b14-8+. The summed E-state index contributed by atoms with van der Waals surface area (Å²) in [6, 6.07) is 10.9. The van der Waals surface area contributed by atoms with Gasteiger partial charge in [-0.25, -0.2) is 4.79 Å². The maximum Gasteiger partial charge on any atom is 0.335 e. The van der Waals surface area contributed by atoms with Crippen LogP contribution in [0, 0.1) is 18.3 Å². The van der Waals surface area contributed by atoms with Gasteiger partial charge in [0.25, 0.3) is 5.91 Å². The zero-order valence-corrected chi connectivity index (χ0v) is 14.8. The van der Waals surface area contributed by atoms with Crippen molar-refractivity contribution >= 4 is 35.2 Å². The fraction of sp³-hybridized carbons (Fsp3) is 0.105. The Bertz CT molecular complexity index is 928. The lowest BCUT2D eigenvalue weighted by atomic mass is 10.1. The van der Waals surface area contributed by atoms with Gasteiger partial charge in [0.15, 0.2) is 0 Å². The second-order valence-electron chi connectivity index (χ2n) is 5.35. The molecular weight excluding hydrogens is 356 g/mol. The summed E-state index contributed by atoms with van der Waals surface area (Å²) >= 11 is 6.04. The number of hydrogen-bond acceptors (Lipinski definition) is 4. The van der Waals surface area contributed by atoms with Crippen LogP contribution in [0.2, 0.25) is 5.02 Å². The summed E-state index contributed by atoms with van der Waals surface area (Å²) < 4.78 is 5.19. The summed E-state index contributed by atoms with van der Waals surface area (Å²) in [5, 5.41) is 21.3. The number of methoxy groups -OCH3 is 1. The number of nitrogens with zero attached hydrogens (tertiary/aromatic N) is 1. The van der Waals surface area contributed by atoms with Gasteiger partial charge in [0.2, 0.25) is 0 Å². The quantitative estimate of drug-likeness (QED) is 0.614. The highest BCUT2D eigenvalue weighted by Crippen LogP contribution is 2.31. The fourth-order valence-electron chi connectivity index (χ4n) is 2.16. The average Bonchev–Trinajstić information content (AvgIpc) is 2.62. The van der Waals surface area contributed by atoms with Gasteiger partial charge in [0, 0.05) is 11.1 Å². The van der Waals surface area contributed by atoms with E-state index in [1.807, 2.05) is 6.07 Å². The maximum absolute atomic E-state index is 12.4. The molecule has 2 rings (SSSR count). The molecule has 2 aromatic carbocycles. The number of nitrogens with one attached hydrogen (secondary N) is 1. The number of carbonyl (C=O) groups is 2. The van der Waals surface area contributed by atoms with E-state index in [1.54, 1.807) is 19.1 Å². The first-order valence-electron chi connectivity index (χ1n) is 7.46. The van der Waals surface area contributed by atoms with Crippen molar-refractivity contribution in [3.63, 3.8) is 0 Å². The van der Waals surface area contributed by atoms with Gasteiger partial charge >= 0.3 is 5.97 Å². The number of anilines is 1. The molecule has 26 heavy (non-hydrogen) atoms. The lowest BCUT2D eigenvalue weighted by Crippen LogP contribution is -2.14. The lowest BCUT2D eigenvalue weighted by molar-refractivity contribution is -0.112. The molecule has 0 aliphatic carbocycles. The van der Waals surface area contributed by atoms with Crippen molar-refractivity contribution in [3.05, 3.63) is 63.7 Å².